The first kappa shape index (κ1) is 8.04. The molecule has 1 amide bonds. The van der Waals surface area contributed by atoms with Gasteiger partial charge in [-0.3, -0.25) is 4.79 Å². The van der Waals surface area contributed by atoms with Crippen molar-refractivity contribution in [3.63, 3.8) is 0 Å². The van der Waals surface area contributed by atoms with Crippen LogP contribution in [0.5, 0.6) is 0 Å². The Labute approximate surface area is 83.5 Å². The van der Waals surface area contributed by atoms with Crippen molar-refractivity contribution in [2.24, 2.45) is 5.92 Å². The summed E-state index contributed by atoms with van der Waals surface area (Å²) in [4.78, 5) is 13.7. The molecule has 0 N–H and O–H groups in total. The summed E-state index contributed by atoms with van der Waals surface area (Å²) >= 11 is 0. The number of fused-ring (bicyclic) bond motifs is 1. The van der Waals surface area contributed by atoms with Gasteiger partial charge in [-0.25, -0.2) is 0 Å². The van der Waals surface area contributed by atoms with E-state index in [2.05, 4.69) is 0 Å². The van der Waals surface area contributed by atoms with Crippen LogP contribution in [0.25, 0.3) is 0 Å². The molecule has 2 aliphatic rings. The maximum absolute atomic E-state index is 11.8. The molecule has 2 fully saturated rings. The number of rotatable bonds is 1. The largest absolute Gasteiger partial charge is 0.308 e. The summed E-state index contributed by atoms with van der Waals surface area (Å²) < 4.78 is 0. The van der Waals surface area contributed by atoms with Crippen LogP contribution in [0.15, 0.2) is 30.3 Å². The third-order valence-electron chi connectivity index (χ3n) is 3.40. The number of carbonyl (C=O) groups is 1. The second-order valence-electron chi connectivity index (χ2n) is 4.15. The maximum Gasteiger partial charge on any atom is 0.232 e. The number of benzene rings is 1. The lowest BCUT2D eigenvalue weighted by molar-refractivity contribution is -0.128. The Morgan fingerprint density at radius 2 is 1.93 bits per heavy atom. The van der Waals surface area contributed by atoms with Gasteiger partial charge in [0.25, 0.3) is 0 Å². The molecule has 1 heterocycles. The van der Waals surface area contributed by atoms with Crippen LogP contribution in [0, 0.1) is 5.92 Å². The lowest BCUT2D eigenvalue weighted by Gasteiger charge is -2.43. The number of β-lactam (4-membered cyclic amide) rings is 1. The van der Waals surface area contributed by atoms with Crippen molar-refractivity contribution in [1.29, 1.82) is 0 Å². The molecular formula is C12H13NO. The smallest absolute Gasteiger partial charge is 0.232 e. The van der Waals surface area contributed by atoms with E-state index in [4.69, 9.17) is 0 Å². The first-order valence-corrected chi connectivity index (χ1v) is 5.26. The lowest BCUT2D eigenvalue weighted by Crippen LogP contribution is -2.58. The molecule has 1 saturated carbocycles. The molecule has 0 spiro atoms. The van der Waals surface area contributed by atoms with E-state index in [-0.39, 0.29) is 0 Å². The third-order valence-corrected chi connectivity index (χ3v) is 3.40. The minimum absolute atomic E-state index is 0.332. The van der Waals surface area contributed by atoms with Crippen LogP contribution >= 0.6 is 0 Å². The van der Waals surface area contributed by atoms with Gasteiger partial charge in [0.2, 0.25) is 5.91 Å². The van der Waals surface area contributed by atoms with E-state index in [1.165, 1.54) is 12.8 Å². The molecule has 1 aromatic carbocycles. The fraction of sp³-hybridized carbons (Fsp3) is 0.417. The Bertz CT molecular complexity index is 360. The van der Waals surface area contributed by atoms with E-state index < -0.39 is 0 Å². The van der Waals surface area contributed by atoms with Crippen LogP contribution in [-0.2, 0) is 4.79 Å². The predicted octanol–water partition coefficient (Wildman–Crippen LogP) is 2.20. The topological polar surface area (TPSA) is 20.3 Å². The summed E-state index contributed by atoms with van der Waals surface area (Å²) in [5, 5.41) is 0. The molecule has 0 bridgehead atoms. The van der Waals surface area contributed by atoms with Gasteiger partial charge in [-0.2, -0.15) is 0 Å². The standard InChI is InChI=1S/C12H13NO/c14-12-10-7-4-8-11(10)13(12)9-5-2-1-3-6-9/h1-3,5-6,10-11H,4,7-8H2/t10-,11+/m1/s1. The van der Waals surface area contributed by atoms with Gasteiger partial charge in [0.1, 0.15) is 0 Å². The minimum Gasteiger partial charge on any atom is -0.308 e. The summed E-state index contributed by atoms with van der Waals surface area (Å²) in [5.41, 5.74) is 1.07. The van der Waals surface area contributed by atoms with E-state index in [1.54, 1.807) is 0 Å². The number of para-hydroxylation sites is 1. The average molecular weight is 187 g/mol. The first-order valence-electron chi connectivity index (χ1n) is 5.26. The second kappa shape index (κ2) is 2.84. The quantitative estimate of drug-likeness (QED) is 0.617. The molecule has 2 nitrogen and oxygen atoms in total. The molecule has 3 rings (SSSR count). The van der Waals surface area contributed by atoms with E-state index >= 15 is 0 Å². The molecule has 0 radical (unpaired) electrons. The predicted molar refractivity (Wildman–Crippen MR) is 55.1 cm³/mol. The molecule has 72 valence electrons. The number of nitrogens with zero attached hydrogens (tertiary/aromatic N) is 1. The van der Waals surface area contributed by atoms with Gasteiger partial charge in [-0.15, -0.1) is 0 Å². The van der Waals surface area contributed by atoms with E-state index in [1.807, 2.05) is 35.2 Å². The summed E-state index contributed by atoms with van der Waals surface area (Å²) in [6.45, 7) is 0. The number of hydrogen-bond donors (Lipinski definition) is 0. The van der Waals surface area contributed by atoms with Crippen molar-refractivity contribution in [3.8, 4) is 0 Å². The van der Waals surface area contributed by atoms with Crippen LogP contribution in [0.3, 0.4) is 0 Å². The maximum atomic E-state index is 11.8. The van der Waals surface area contributed by atoms with Crippen LogP contribution < -0.4 is 4.90 Å². The van der Waals surface area contributed by atoms with Gasteiger partial charge in [-0.05, 0) is 25.0 Å². The zero-order valence-electron chi connectivity index (χ0n) is 8.02. The number of amides is 1. The summed E-state index contributed by atoms with van der Waals surface area (Å²) in [6.07, 6.45) is 3.50. The molecular weight excluding hydrogens is 174 g/mol. The third kappa shape index (κ3) is 0.939. The van der Waals surface area contributed by atoms with Crippen molar-refractivity contribution in [2.75, 3.05) is 4.90 Å². The van der Waals surface area contributed by atoms with Gasteiger partial charge < -0.3 is 4.90 Å². The van der Waals surface area contributed by atoms with E-state index in [0.29, 0.717) is 17.9 Å². The molecule has 1 aliphatic carbocycles. The zero-order valence-corrected chi connectivity index (χ0v) is 8.02. The number of anilines is 1. The fourth-order valence-corrected chi connectivity index (χ4v) is 2.70. The van der Waals surface area contributed by atoms with Gasteiger partial charge >= 0.3 is 0 Å². The number of carbonyl (C=O) groups excluding carboxylic acids is 1. The second-order valence-corrected chi connectivity index (χ2v) is 4.15. The van der Waals surface area contributed by atoms with Crippen LogP contribution in [0.4, 0.5) is 5.69 Å². The molecule has 1 aromatic rings. The monoisotopic (exact) mass is 187 g/mol. The highest BCUT2D eigenvalue weighted by Crippen LogP contribution is 2.42. The van der Waals surface area contributed by atoms with Crippen LogP contribution in [0.1, 0.15) is 19.3 Å². The summed E-state index contributed by atoms with van der Waals surface area (Å²) in [6, 6.07) is 10.5. The minimum atomic E-state index is 0.332. The highest BCUT2D eigenvalue weighted by molar-refractivity contribution is 6.03. The van der Waals surface area contributed by atoms with Crippen molar-refractivity contribution < 1.29 is 4.79 Å². The molecule has 1 aliphatic heterocycles. The Kier molecular flexibility index (Phi) is 1.63. The van der Waals surface area contributed by atoms with Gasteiger partial charge in [-0.1, -0.05) is 24.6 Å². The molecule has 1 saturated heterocycles. The normalized spacial score (nSPS) is 30.0. The van der Waals surface area contributed by atoms with Crippen molar-refractivity contribution in [2.45, 2.75) is 25.3 Å². The number of hydrogen-bond acceptors (Lipinski definition) is 1. The molecule has 0 unspecified atom stereocenters. The highest BCUT2D eigenvalue weighted by Gasteiger charge is 2.50. The van der Waals surface area contributed by atoms with Gasteiger partial charge in [0.05, 0.1) is 5.92 Å². The molecule has 14 heavy (non-hydrogen) atoms. The van der Waals surface area contributed by atoms with E-state index in [0.717, 1.165) is 12.1 Å². The van der Waals surface area contributed by atoms with Crippen molar-refractivity contribution in [1.82, 2.24) is 0 Å². The molecule has 2 atom stereocenters. The van der Waals surface area contributed by atoms with Crippen molar-refractivity contribution in [3.05, 3.63) is 30.3 Å². The Balaban J connectivity index is 1.90. The van der Waals surface area contributed by atoms with Gasteiger partial charge in [0, 0.05) is 11.7 Å². The van der Waals surface area contributed by atoms with Crippen LogP contribution in [0.2, 0.25) is 0 Å². The van der Waals surface area contributed by atoms with Gasteiger partial charge in [0.15, 0.2) is 0 Å². The van der Waals surface area contributed by atoms with Crippen molar-refractivity contribution >= 4 is 11.6 Å². The molecule has 2 heteroatoms. The Morgan fingerprint density at radius 1 is 1.14 bits per heavy atom. The summed E-state index contributed by atoms with van der Waals surface area (Å²) in [5.74, 6) is 0.675. The first-order chi connectivity index (χ1) is 6.88. The SMILES string of the molecule is O=C1[C@@H]2CCC[C@@H]2N1c1ccccc1. The lowest BCUT2D eigenvalue weighted by atomic mass is 9.90. The van der Waals surface area contributed by atoms with E-state index in [9.17, 15) is 4.79 Å². The fourth-order valence-electron chi connectivity index (χ4n) is 2.70. The zero-order chi connectivity index (χ0) is 9.54. The summed E-state index contributed by atoms with van der Waals surface area (Å²) in [7, 11) is 0. The Hall–Kier alpha value is -1.31. The highest BCUT2D eigenvalue weighted by atomic mass is 16.2. The van der Waals surface area contributed by atoms with Crippen LogP contribution in [-0.4, -0.2) is 11.9 Å². The molecule has 0 aromatic heterocycles. The average Bonchev–Trinajstić information content (AvgIpc) is 2.63. The Morgan fingerprint density at radius 3 is 2.71 bits per heavy atom.